The fourth-order valence-corrected chi connectivity index (χ4v) is 1.87. The van der Waals surface area contributed by atoms with Gasteiger partial charge in [0, 0.05) is 0 Å². The maximum absolute atomic E-state index is 12.1. The number of para-hydroxylation sites is 2. The van der Waals surface area contributed by atoms with Crippen LogP contribution in [0.2, 0.25) is 0 Å². The Morgan fingerprint density at radius 2 is 1.64 bits per heavy atom. The Balaban J connectivity index is 1.95. The first-order valence-electron chi connectivity index (χ1n) is 6.59. The second-order valence-corrected chi connectivity index (χ2v) is 4.43. The number of aliphatic hydroxyl groups excluding tert-OH is 1. The topological polar surface area (TPSA) is 47.9 Å². The van der Waals surface area contributed by atoms with Crippen LogP contribution in [-0.2, 0) is 0 Å². The Kier molecular flexibility index (Phi) is 5.55. The van der Waals surface area contributed by atoms with Crippen molar-refractivity contribution in [3.05, 3.63) is 54.1 Å². The third-order valence-corrected chi connectivity index (χ3v) is 2.96. The highest BCUT2D eigenvalue weighted by Gasteiger charge is 2.11. The first-order chi connectivity index (χ1) is 10.6. The van der Waals surface area contributed by atoms with Crippen molar-refractivity contribution in [2.75, 3.05) is 13.7 Å². The van der Waals surface area contributed by atoms with E-state index in [-0.39, 0.29) is 12.4 Å². The smallest absolute Gasteiger partial charge is 0.387 e. The van der Waals surface area contributed by atoms with Gasteiger partial charge in [0.2, 0.25) is 0 Å². The summed E-state index contributed by atoms with van der Waals surface area (Å²) in [5.74, 6) is 1.12. The number of alkyl halides is 2. The molecule has 118 valence electrons. The van der Waals surface area contributed by atoms with Gasteiger partial charge in [0.05, 0.1) is 7.11 Å². The lowest BCUT2D eigenvalue weighted by molar-refractivity contribution is -0.0498. The van der Waals surface area contributed by atoms with Crippen molar-refractivity contribution in [3.63, 3.8) is 0 Å². The number of methoxy groups -OCH3 is 1. The maximum Gasteiger partial charge on any atom is 0.387 e. The molecule has 4 nitrogen and oxygen atoms in total. The van der Waals surface area contributed by atoms with Crippen LogP contribution in [0.5, 0.6) is 17.2 Å². The van der Waals surface area contributed by atoms with Gasteiger partial charge in [0.1, 0.15) is 18.5 Å². The Morgan fingerprint density at radius 1 is 1.00 bits per heavy atom. The van der Waals surface area contributed by atoms with E-state index in [1.165, 1.54) is 31.4 Å². The van der Waals surface area contributed by atoms with Crippen molar-refractivity contribution < 1.29 is 28.1 Å². The molecule has 0 saturated carbocycles. The summed E-state index contributed by atoms with van der Waals surface area (Å²) in [7, 11) is 1.53. The van der Waals surface area contributed by atoms with E-state index in [0.29, 0.717) is 17.1 Å². The van der Waals surface area contributed by atoms with E-state index in [2.05, 4.69) is 4.74 Å². The average molecular weight is 310 g/mol. The molecule has 2 aromatic carbocycles. The van der Waals surface area contributed by atoms with E-state index in [9.17, 15) is 13.9 Å². The molecule has 22 heavy (non-hydrogen) atoms. The van der Waals surface area contributed by atoms with Crippen molar-refractivity contribution in [1.29, 1.82) is 0 Å². The lowest BCUT2D eigenvalue weighted by Gasteiger charge is -2.15. The van der Waals surface area contributed by atoms with Gasteiger partial charge >= 0.3 is 6.61 Å². The van der Waals surface area contributed by atoms with Crippen LogP contribution in [0, 0.1) is 0 Å². The molecule has 0 saturated heterocycles. The van der Waals surface area contributed by atoms with E-state index in [0.717, 1.165) is 0 Å². The van der Waals surface area contributed by atoms with E-state index >= 15 is 0 Å². The summed E-state index contributed by atoms with van der Waals surface area (Å²) in [4.78, 5) is 0. The zero-order valence-corrected chi connectivity index (χ0v) is 11.9. The molecule has 2 rings (SSSR count). The van der Waals surface area contributed by atoms with Crippen LogP contribution in [0.15, 0.2) is 48.5 Å². The largest absolute Gasteiger partial charge is 0.493 e. The molecule has 0 bridgehead atoms. The van der Waals surface area contributed by atoms with E-state index < -0.39 is 12.7 Å². The third kappa shape index (κ3) is 4.33. The fourth-order valence-electron chi connectivity index (χ4n) is 1.87. The standard InChI is InChI=1S/C16H16F2O4/c1-20-14-4-2-3-5-15(14)21-10-13(19)11-6-8-12(9-7-11)22-16(17)18/h2-9,13,16,19H,10H2,1H3. The summed E-state index contributed by atoms with van der Waals surface area (Å²) in [6.07, 6.45) is -0.898. The number of hydrogen-bond donors (Lipinski definition) is 1. The first kappa shape index (κ1) is 16.0. The maximum atomic E-state index is 12.1. The van der Waals surface area contributed by atoms with Crippen LogP contribution < -0.4 is 14.2 Å². The number of hydrogen-bond acceptors (Lipinski definition) is 4. The molecule has 0 amide bonds. The number of halogens is 2. The van der Waals surface area contributed by atoms with Crippen molar-refractivity contribution in [1.82, 2.24) is 0 Å². The van der Waals surface area contributed by atoms with Crippen LogP contribution in [0.25, 0.3) is 0 Å². The molecule has 0 radical (unpaired) electrons. The molecule has 0 aliphatic heterocycles. The molecule has 2 aromatic rings. The predicted molar refractivity (Wildman–Crippen MR) is 76.5 cm³/mol. The average Bonchev–Trinajstić information content (AvgIpc) is 2.53. The van der Waals surface area contributed by atoms with Gasteiger partial charge in [0.25, 0.3) is 0 Å². The molecule has 1 atom stereocenters. The molecule has 0 spiro atoms. The highest BCUT2D eigenvalue weighted by atomic mass is 19.3. The molecule has 0 heterocycles. The Labute approximate surface area is 126 Å². The molecule has 0 aliphatic carbocycles. The summed E-state index contributed by atoms with van der Waals surface area (Å²) < 4.78 is 39.0. The molecule has 6 heteroatoms. The van der Waals surface area contributed by atoms with Gasteiger partial charge in [0.15, 0.2) is 11.5 Å². The summed E-state index contributed by atoms with van der Waals surface area (Å²) in [5, 5.41) is 10.1. The van der Waals surface area contributed by atoms with Crippen molar-refractivity contribution in [2.24, 2.45) is 0 Å². The van der Waals surface area contributed by atoms with E-state index in [1.54, 1.807) is 18.2 Å². The normalized spacial score (nSPS) is 12.0. The van der Waals surface area contributed by atoms with Gasteiger partial charge in [-0.25, -0.2) is 0 Å². The monoisotopic (exact) mass is 310 g/mol. The molecule has 1 N–H and O–H groups in total. The Morgan fingerprint density at radius 3 is 2.23 bits per heavy atom. The molecule has 0 fully saturated rings. The van der Waals surface area contributed by atoms with Crippen molar-refractivity contribution in [3.8, 4) is 17.2 Å². The first-order valence-corrected chi connectivity index (χ1v) is 6.59. The summed E-state index contributed by atoms with van der Waals surface area (Å²) in [5.41, 5.74) is 0.538. The predicted octanol–water partition coefficient (Wildman–Crippen LogP) is 3.41. The highest BCUT2D eigenvalue weighted by molar-refractivity contribution is 5.39. The van der Waals surface area contributed by atoms with Crippen molar-refractivity contribution in [2.45, 2.75) is 12.7 Å². The Hall–Kier alpha value is -2.34. The molecule has 1 unspecified atom stereocenters. The summed E-state index contributed by atoms with van der Waals surface area (Å²) in [6, 6.07) is 12.8. The molecule has 0 aliphatic rings. The van der Waals surface area contributed by atoms with Gasteiger partial charge in [-0.05, 0) is 29.8 Å². The molecular formula is C16H16F2O4. The van der Waals surface area contributed by atoms with E-state index in [1.807, 2.05) is 6.07 Å². The number of benzene rings is 2. The van der Waals surface area contributed by atoms with Gasteiger partial charge in [-0.15, -0.1) is 0 Å². The second-order valence-electron chi connectivity index (χ2n) is 4.43. The lowest BCUT2D eigenvalue weighted by atomic mass is 10.1. The van der Waals surface area contributed by atoms with Crippen LogP contribution in [-0.4, -0.2) is 25.4 Å². The van der Waals surface area contributed by atoms with Gasteiger partial charge < -0.3 is 19.3 Å². The minimum atomic E-state index is -2.87. The minimum absolute atomic E-state index is 0.00935. The minimum Gasteiger partial charge on any atom is -0.493 e. The second kappa shape index (κ2) is 7.61. The van der Waals surface area contributed by atoms with E-state index in [4.69, 9.17) is 9.47 Å². The molecule has 0 aromatic heterocycles. The zero-order chi connectivity index (χ0) is 15.9. The van der Waals surface area contributed by atoms with Crippen LogP contribution >= 0.6 is 0 Å². The Bertz CT molecular complexity index is 587. The van der Waals surface area contributed by atoms with Gasteiger partial charge in [-0.1, -0.05) is 24.3 Å². The lowest BCUT2D eigenvalue weighted by Crippen LogP contribution is -2.10. The zero-order valence-electron chi connectivity index (χ0n) is 11.9. The number of aliphatic hydroxyl groups is 1. The van der Waals surface area contributed by atoms with Gasteiger partial charge in [-0.3, -0.25) is 0 Å². The summed E-state index contributed by atoms with van der Waals surface area (Å²) in [6.45, 7) is -2.86. The number of ether oxygens (including phenoxy) is 3. The third-order valence-electron chi connectivity index (χ3n) is 2.96. The van der Waals surface area contributed by atoms with Crippen molar-refractivity contribution >= 4 is 0 Å². The quantitative estimate of drug-likeness (QED) is 0.851. The number of rotatable bonds is 7. The highest BCUT2D eigenvalue weighted by Crippen LogP contribution is 2.27. The SMILES string of the molecule is COc1ccccc1OCC(O)c1ccc(OC(F)F)cc1. The van der Waals surface area contributed by atoms with Gasteiger partial charge in [-0.2, -0.15) is 8.78 Å². The molecular weight excluding hydrogens is 294 g/mol. The van der Waals surface area contributed by atoms with Crippen LogP contribution in [0.4, 0.5) is 8.78 Å². The van der Waals surface area contributed by atoms with Crippen LogP contribution in [0.1, 0.15) is 11.7 Å². The van der Waals surface area contributed by atoms with Crippen LogP contribution in [0.3, 0.4) is 0 Å². The summed E-state index contributed by atoms with van der Waals surface area (Å²) >= 11 is 0. The fraction of sp³-hybridized carbons (Fsp3) is 0.250.